The van der Waals surface area contributed by atoms with Crippen molar-refractivity contribution in [1.82, 2.24) is 4.90 Å². The summed E-state index contributed by atoms with van der Waals surface area (Å²) in [5.74, 6) is -1.80. The quantitative estimate of drug-likeness (QED) is 0.868. The van der Waals surface area contributed by atoms with Gasteiger partial charge in [-0.05, 0) is 48.4 Å². The summed E-state index contributed by atoms with van der Waals surface area (Å²) < 4.78 is 32.1. The van der Waals surface area contributed by atoms with Crippen molar-refractivity contribution in [1.29, 1.82) is 0 Å². The monoisotopic (exact) mass is 376 g/mol. The molecule has 27 heavy (non-hydrogen) atoms. The van der Waals surface area contributed by atoms with Crippen LogP contribution in [0.4, 0.5) is 14.5 Å². The third-order valence-electron chi connectivity index (χ3n) is 4.81. The minimum absolute atomic E-state index is 0.0845. The molecule has 0 unspecified atom stereocenters. The van der Waals surface area contributed by atoms with Gasteiger partial charge in [-0.15, -0.1) is 0 Å². The first-order valence-corrected chi connectivity index (χ1v) is 8.80. The first kappa shape index (κ1) is 19.1. The molecule has 1 saturated heterocycles. The molecule has 144 valence electrons. The van der Waals surface area contributed by atoms with E-state index in [1.807, 2.05) is 4.90 Å². The highest BCUT2D eigenvalue weighted by Gasteiger charge is 2.30. The SMILES string of the molecule is COc1ccc([C@@H](C(=O)O)N2CCCN(c3ccc(F)cc3)CC2)cc1F. The molecule has 0 aliphatic carbocycles. The maximum atomic E-state index is 14.1. The van der Waals surface area contributed by atoms with Crippen LogP contribution in [0.5, 0.6) is 5.75 Å². The van der Waals surface area contributed by atoms with Crippen LogP contribution in [-0.2, 0) is 4.79 Å². The molecule has 1 heterocycles. The van der Waals surface area contributed by atoms with E-state index in [4.69, 9.17) is 4.74 Å². The second-order valence-corrected chi connectivity index (χ2v) is 6.49. The van der Waals surface area contributed by atoms with Gasteiger partial charge in [-0.1, -0.05) is 6.07 Å². The number of benzene rings is 2. The van der Waals surface area contributed by atoms with Gasteiger partial charge < -0.3 is 14.7 Å². The number of carbonyl (C=O) groups is 1. The highest BCUT2D eigenvalue weighted by molar-refractivity contribution is 5.75. The van der Waals surface area contributed by atoms with Crippen molar-refractivity contribution in [2.75, 3.05) is 38.2 Å². The number of anilines is 1. The number of halogens is 2. The Labute approximate surface area is 156 Å². The molecule has 1 aliphatic rings. The number of nitrogens with zero attached hydrogens (tertiary/aromatic N) is 2. The molecule has 1 N–H and O–H groups in total. The molecule has 0 amide bonds. The molecule has 3 rings (SSSR count). The van der Waals surface area contributed by atoms with Gasteiger partial charge in [0.05, 0.1) is 7.11 Å². The minimum atomic E-state index is -1.02. The van der Waals surface area contributed by atoms with Crippen molar-refractivity contribution in [2.24, 2.45) is 0 Å². The molecule has 1 fully saturated rings. The van der Waals surface area contributed by atoms with E-state index in [9.17, 15) is 18.7 Å². The van der Waals surface area contributed by atoms with Gasteiger partial charge in [0.25, 0.3) is 0 Å². The molecular formula is C20H22F2N2O3. The summed E-state index contributed by atoms with van der Waals surface area (Å²) in [5.41, 5.74) is 1.29. The first-order chi connectivity index (χ1) is 13.0. The van der Waals surface area contributed by atoms with Crippen LogP contribution in [0, 0.1) is 11.6 Å². The lowest BCUT2D eigenvalue weighted by molar-refractivity contribution is -0.143. The standard InChI is InChI=1S/C20H22F2N2O3/c1-27-18-8-3-14(13-17(18)22)19(20(25)26)24-10-2-9-23(11-12-24)16-6-4-15(21)5-7-16/h3-8,13,19H,2,9-12H2,1H3,(H,25,26)/t19-/m0/s1. The Bertz CT molecular complexity index is 798. The summed E-state index contributed by atoms with van der Waals surface area (Å²) in [4.78, 5) is 15.9. The summed E-state index contributed by atoms with van der Waals surface area (Å²) in [5, 5.41) is 9.75. The van der Waals surface area contributed by atoms with Gasteiger partial charge in [-0.2, -0.15) is 0 Å². The van der Waals surface area contributed by atoms with Gasteiger partial charge in [0, 0.05) is 31.9 Å². The van der Waals surface area contributed by atoms with Crippen molar-refractivity contribution >= 4 is 11.7 Å². The van der Waals surface area contributed by atoms with Crippen molar-refractivity contribution in [3.05, 3.63) is 59.7 Å². The molecule has 7 heteroatoms. The van der Waals surface area contributed by atoms with Gasteiger partial charge in [0.2, 0.25) is 0 Å². The van der Waals surface area contributed by atoms with Gasteiger partial charge in [-0.25, -0.2) is 8.78 Å². The zero-order valence-electron chi connectivity index (χ0n) is 15.1. The fourth-order valence-electron chi connectivity index (χ4n) is 3.47. The van der Waals surface area contributed by atoms with Crippen LogP contribution in [0.2, 0.25) is 0 Å². The molecule has 1 aliphatic heterocycles. The zero-order chi connectivity index (χ0) is 19.4. The van der Waals surface area contributed by atoms with Crippen molar-refractivity contribution in [2.45, 2.75) is 12.5 Å². The highest BCUT2D eigenvalue weighted by atomic mass is 19.1. The van der Waals surface area contributed by atoms with E-state index in [1.54, 1.807) is 18.2 Å². The Morgan fingerprint density at radius 3 is 2.44 bits per heavy atom. The second kappa shape index (κ2) is 8.35. The lowest BCUT2D eigenvalue weighted by Crippen LogP contribution is -2.37. The molecule has 5 nitrogen and oxygen atoms in total. The van der Waals surface area contributed by atoms with E-state index in [1.165, 1.54) is 31.4 Å². The molecule has 0 saturated carbocycles. The van der Waals surface area contributed by atoms with Crippen molar-refractivity contribution in [3.63, 3.8) is 0 Å². The van der Waals surface area contributed by atoms with Crippen LogP contribution in [-0.4, -0.2) is 49.3 Å². The number of aliphatic carboxylic acids is 1. The third-order valence-corrected chi connectivity index (χ3v) is 4.81. The van der Waals surface area contributed by atoms with Gasteiger partial charge in [0.1, 0.15) is 11.9 Å². The Hall–Kier alpha value is -2.67. The number of hydrogen-bond donors (Lipinski definition) is 1. The maximum Gasteiger partial charge on any atom is 0.325 e. The molecule has 2 aromatic carbocycles. The van der Waals surface area contributed by atoms with Crippen molar-refractivity contribution < 1.29 is 23.4 Å². The number of ether oxygens (including phenoxy) is 1. The second-order valence-electron chi connectivity index (χ2n) is 6.49. The molecule has 0 aromatic heterocycles. The fourth-order valence-corrected chi connectivity index (χ4v) is 3.47. The lowest BCUT2D eigenvalue weighted by Gasteiger charge is -2.28. The average Bonchev–Trinajstić information content (AvgIpc) is 2.89. The molecule has 2 aromatic rings. The van der Waals surface area contributed by atoms with E-state index < -0.39 is 17.8 Å². The predicted molar refractivity (Wildman–Crippen MR) is 98.1 cm³/mol. The summed E-state index contributed by atoms with van der Waals surface area (Å²) in [6, 6.07) is 9.60. The van der Waals surface area contributed by atoms with E-state index >= 15 is 0 Å². The minimum Gasteiger partial charge on any atom is -0.494 e. The van der Waals surface area contributed by atoms with Gasteiger partial charge in [0.15, 0.2) is 11.6 Å². The third kappa shape index (κ3) is 4.36. The van der Waals surface area contributed by atoms with Crippen LogP contribution in [0.3, 0.4) is 0 Å². The zero-order valence-corrected chi connectivity index (χ0v) is 15.1. The molecule has 0 radical (unpaired) electrons. The summed E-state index contributed by atoms with van der Waals surface area (Å²) in [6.07, 6.45) is 0.750. The van der Waals surface area contributed by atoms with Crippen LogP contribution in [0.15, 0.2) is 42.5 Å². The smallest absolute Gasteiger partial charge is 0.325 e. The van der Waals surface area contributed by atoms with E-state index in [2.05, 4.69) is 4.90 Å². The Balaban J connectivity index is 1.78. The van der Waals surface area contributed by atoms with Gasteiger partial charge >= 0.3 is 5.97 Å². The summed E-state index contributed by atoms with van der Waals surface area (Å²) >= 11 is 0. The van der Waals surface area contributed by atoms with E-state index in [-0.39, 0.29) is 11.6 Å². The van der Waals surface area contributed by atoms with E-state index in [0.29, 0.717) is 25.2 Å². The molecule has 0 spiro atoms. The normalized spacial score (nSPS) is 16.6. The Morgan fingerprint density at radius 2 is 1.81 bits per heavy atom. The Morgan fingerprint density at radius 1 is 1.07 bits per heavy atom. The van der Waals surface area contributed by atoms with Crippen LogP contribution in [0.25, 0.3) is 0 Å². The van der Waals surface area contributed by atoms with Crippen LogP contribution >= 0.6 is 0 Å². The maximum absolute atomic E-state index is 14.1. The molecule has 0 bridgehead atoms. The van der Waals surface area contributed by atoms with Gasteiger partial charge in [-0.3, -0.25) is 9.69 Å². The topological polar surface area (TPSA) is 53.0 Å². The van der Waals surface area contributed by atoms with Crippen molar-refractivity contribution in [3.8, 4) is 5.75 Å². The first-order valence-electron chi connectivity index (χ1n) is 8.80. The average molecular weight is 376 g/mol. The predicted octanol–water partition coefficient (Wildman–Crippen LogP) is 3.31. The fraction of sp³-hybridized carbons (Fsp3) is 0.350. The largest absolute Gasteiger partial charge is 0.494 e. The number of carboxylic acid groups (broad SMARTS) is 1. The summed E-state index contributed by atoms with van der Waals surface area (Å²) in [6.45, 7) is 2.42. The van der Waals surface area contributed by atoms with Crippen LogP contribution < -0.4 is 9.64 Å². The summed E-state index contributed by atoms with van der Waals surface area (Å²) in [7, 11) is 1.37. The Kier molecular flexibility index (Phi) is 5.91. The molecule has 1 atom stereocenters. The molecular weight excluding hydrogens is 354 g/mol. The number of carboxylic acids is 1. The number of methoxy groups -OCH3 is 1. The number of hydrogen-bond acceptors (Lipinski definition) is 4. The number of rotatable bonds is 5. The van der Waals surface area contributed by atoms with Crippen LogP contribution in [0.1, 0.15) is 18.0 Å². The highest BCUT2D eigenvalue weighted by Crippen LogP contribution is 2.28. The lowest BCUT2D eigenvalue weighted by atomic mass is 10.0. The van der Waals surface area contributed by atoms with E-state index in [0.717, 1.165) is 18.7 Å².